The SMILES string of the molecule is c1ccc([C@@H]2CC[C@@H](c3ccccc3)N2n2cc3cccc[n+]3c2)cc1. The zero-order chi connectivity index (χ0) is 17.3. The number of hydrogen-bond acceptors (Lipinski definition) is 1. The summed E-state index contributed by atoms with van der Waals surface area (Å²) < 4.78 is 4.47. The molecule has 3 nitrogen and oxygen atoms in total. The minimum atomic E-state index is 0.379. The van der Waals surface area contributed by atoms with Gasteiger partial charge in [0.2, 0.25) is 0 Å². The summed E-state index contributed by atoms with van der Waals surface area (Å²) in [6.45, 7) is 0. The summed E-state index contributed by atoms with van der Waals surface area (Å²) in [7, 11) is 0. The summed E-state index contributed by atoms with van der Waals surface area (Å²) in [6, 6.07) is 28.8. The van der Waals surface area contributed by atoms with Gasteiger partial charge in [-0.3, -0.25) is 0 Å². The van der Waals surface area contributed by atoms with Gasteiger partial charge in [0.25, 0.3) is 6.33 Å². The van der Waals surface area contributed by atoms with Crippen LogP contribution in [0.1, 0.15) is 36.1 Å². The van der Waals surface area contributed by atoms with Crippen molar-refractivity contribution in [1.82, 2.24) is 4.68 Å². The summed E-state index contributed by atoms with van der Waals surface area (Å²) >= 11 is 0. The molecule has 1 aliphatic heterocycles. The average Bonchev–Trinajstić information content (AvgIpc) is 3.33. The van der Waals surface area contributed by atoms with Gasteiger partial charge < -0.3 is 0 Å². The van der Waals surface area contributed by atoms with E-state index in [0.29, 0.717) is 12.1 Å². The third-order valence-electron chi connectivity index (χ3n) is 5.42. The maximum atomic E-state index is 2.54. The van der Waals surface area contributed by atoms with Crippen molar-refractivity contribution in [2.75, 3.05) is 5.01 Å². The molecule has 0 amide bonds. The molecule has 0 unspecified atom stereocenters. The van der Waals surface area contributed by atoms with Crippen LogP contribution in [0.25, 0.3) is 5.52 Å². The molecule has 2 aromatic carbocycles. The zero-order valence-electron chi connectivity index (χ0n) is 14.6. The van der Waals surface area contributed by atoms with E-state index in [2.05, 4.69) is 112 Å². The molecule has 5 rings (SSSR count). The van der Waals surface area contributed by atoms with Crippen LogP contribution in [0, 0.1) is 0 Å². The summed E-state index contributed by atoms with van der Waals surface area (Å²) in [5.41, 5.74) is 3.97. The highest BCUT2D eigenvalue weighted by atomic mass is 15.6. The summed E-state index contributed by atoms with van der Waals surface area (Å²) in [5.74, 6) is 0. The molecule has 1 fully saturated rings. The largest absolute Gasteiger partial charge is 0.272 e. The second-order valence-electron chi connectivity index (χ2n) is 6.97. The van der Waals surface area contributed by atoms with Crippen LogP contribution >= 0.6 is 0 Å². The quantitative estimate of drug-likeness (QED) is 0.502. The van der Waals surface area contributed by atoms with Crippen molar-refractivity contribution in [3.63, 3.8) is 0 Å². The Balaban J connectivity index is 1.63. The first-order valence-corrected chi connectivity index (χ1v) is 9.27. The first kappa shape index (κ1) is 15.2. The van der Waals surface area contributed by atoms with Crippen molar-refractivity contribution in [2.24, 2.45) is 0 Å². The number of aromatic nitrogens is 2. The Morgan fingerprint density at radius 2 is 1.27 bits per heavy atom. The Hall–Kier alpha value is -3.07. The molecule has 0 saturated carbocycles. The highest BCUT2D eigenvalue weighted by Crippen LogP contribution is 2.42. The Morgan fingerprint density at radius 1 is 0.692 bits per heavy atom. The topological polar surface area (TPSA) is 12.3 Å². The Kier molecular flexibility index (Phi) is 3.71. The van der Waals surface area contributed by atoms with Crippen molar-refractivity contribution >= 4 is 5.52 Å². The lowest BCUT2D eigenvalue weighted by Gasteiger charge is -2.28. The molecule has 0 N–H and O–H groups in total. The number of rotatable bonds is 3. The van der Waals surface area contributed by atoms with Gasteiger partial charge in [0.1, 0.15) is 0 Å². The second kappa shape index (κ2) is 6.34. The predicted octanol–water partition coefficient (Wildman–Crippen LogP) is 4.44. The molecule has 1 aliphatic rings. The van der Waals surface area contributed by atoms with Crippen LogP contribution in [-0.2, 0) is 0 Å². The number of benzene rings is 2. The number of hydrogen-bond donors (Lipinski definition) is 0. The Morgan fingerprint density at radius 3 is 1.85 bits per heavy atom. The van der Waals surface area contributed by atoms with E-state index in [9.17, 15) is 0 Å². The predicted molar refractivity (Wildman–Crippen MR) is 103 cm³/mol. The standard InChI is InChI=1S/C23H22N3/c1-3-9-19(10-4-1)22-14-15-23(20-11-5-2-6-12-20)26(22)25-17-21-13-7-8-16-24(21)18-25/h1-13,16-18,22-23H,14-15H2/q+1/t22-,23-/m0/s1. The highest BCUT2D eigenvalue weighted by Gasteiger charge is 2.38. The Bertz CT molecular complexity index is 927. The van der Waals surface area contributed by atoms with E-state index in [0.717, 1.165) is 12.8 Å². The van der Waals surface area contributed by atoms with Crippen LogP contribution in [0.4, 0.5) is 0 Å². The molecule has 1 saturated heterocycles. The Labute approximate surface area is 153 Å². The van der Waals surface area contributed by atoms with E-state index >= 15 is 0 Å². The van der Waals surface area contributed by atoms with Gasteiger partial charge in [0.15, 0.2) is 11.7 Å². The molecule has 0 aliphatic carbocycles. The maximum Gasteiger partial charge on any atom is 0.272 e. The third-order valence-corrected chi connectivity index (χ3v) is 5.42. The summed E-state index contributed by atoms with van der Waals surface area (Å²) in [4.78, 5) is 0. The first-order valence-electron chi connectivity index (χ1n) is 9.27. The average molecular weight is 340 g/mol. The van der Waals surface area contributed by atoms with E-state index in [1.165, 1.54) is 16.6 Å². The van der Waals surface area contributed by atoms with Crippen LogP contribution in [0.3, 0.4) is 0 Å². The lowest BCUT2D eigenvalue weighted by molar-refractivity contribution is -0.512. The van der Waals surface area contributed by atoms with Crippen molar-refractivity contribution in [3.05, 3.63) is 109 Å². The molecule has 0 bridgehead atoms. The monoisotopic (exact) mass is 340 g/mol. The van der Waals surface area contributed by atoms with Gasteiger partial charge in [0, 0.05) is 0 Å². The molecule has 3 heteroatoms. The van der Waals surface area contributed by atoms with Crippen molar-refractivity contribution in [3.8, 4) is 0 Å². The third kappa shape index (κ3) is 2.57. The normalized spacial score (nSPS) is 19.9. The summed E-state index contributed by atoms with van der Waals surface area (Å²) in [6.07, 6.45) is 8.84. The van der Waals surface area contributed by atoms with Crippen LogP contribution in [0.5, 0.6) is 0 Å². The fraction of sp³-hybridized carbons (Fsp3) is 0.174. The fourth-order valence-corrected chi connectivity index (χ4v) is 4.21. The van der Waals surface area contributed by atoms with E-state index in [-0.39, 0.29) is 0 Å². The number of fused-ring (bicyclic) bond motifs is 1. The molecule has 128 valence electrons. The lowest BCUT2D eigenvalue weighted by atomic mass is 10.0. The maximum absolute atomic E-state index is 2.54. The molecular weight excluding hydrogens is 318 g/mol. The fourth-order valence-electron chi connectivity index (χ4n) is 4.21. The van der Waals surface area contributed by atoms with Crippen molar-refractivity contribution < 1.29 is 4.40 Å². The minimum Gasteiger partial charge on any atom is -0.229 e. The van der Waals surface area contributed by atoms with Gasteiger partial charge in [-0.15, -0.1) is 4.68 Å². The van der Waals surface area contributed by atoms with Crippen LogP contribution in [-0.4, -0.2) is 4.68 Å². The van der Waals surface area contributed by atoms with Gasteiger partial charge in [-0.1, -0.05) is 66.7 Å². The van der Waals surface area contributed by atoms with Gasteiger partial charge >= 0.3 is 0 Å². The molecule has 2 atom stereocenters. The zero-order valence-corrected chi connectivity index (χ0v) is 14.6. The number of imidazole rings is 1. The van der Waals surface area contributed by atoms with Gasteiger partial charge in [-0.2, -0.15) is 0 Å². The van der Waals surface area contributed by atoms with Crippen LogP contribution in [0.2, 0.25) is 0 Å². The van der Waals surface area contributed by atoms with Gasteiger partial charge in [0.05, 0.1) is 18.3 Å². The molecular formula is C23H22N3+. The number of nitrogens with zero attached hydrogens (tertiary/aromatic N) is 3. The van der Waals surface area contributed by atoms with Crippen LogP contribution < -0.4 is 9.41 Å². The minimum absolute atomic E-state index is 0.379. The first-order chi connectivity index (χ1) is 12.9. The molecule has 0 spiro atoms. The van der Waals surface area contributed by atoms with E-state index in [1.807, 2.05) is 0 Å². The highest BCUT2D eigenvalue weighted by molar-refractivity contribution is 5.38. The molecule has 26 heavy (non-hydrogen) atoms. The molecule has 4 aromatic rings. The van der Waals surface area contributed by atoms with E-state index in [1.54, 1.807) is 0 Å². The van der Waals surface area contributed by atoms with E-state index < -0.39 is 0 Å². The second-order valence-corrected chi connectivity index (χ2v) is 6.97. The lowest BCUT2D eigenvalue weighted by Crippen LogP contribution is -2.36. The van der Waals surface area contributed by atoms with Gasteiger partial charge in [-0.05, 0) is 36.1 Å². The van der Waals surface area contributed by atoms with Crippen LogP contribution in [0.15, 0.2) is 97.6 Å². The van der Waals surface area contributed by atoms with Crippen molar-refractivity contribution in [1.29, 1.82) is 0 Å². The van der Waals surface area contributed by atoms with Crippen molar-refractivity contribution in [2.45, 2.75) is 24.9 Å². The molecule has 3 heterocycles. The van der Waals surface area contributed by atoms with Gasteiger partial charge in [-0.25, -0.2) is 9.41 Å². The number of pyridine rings is 1. The smallest absolute Gasteiger partial charge is 0.229 e. The molecule has 0 radical (unpaired) electrons. The molecule has 2 aromatic heterocycles. The van der Waals surface area contributed by atoms with E-state index in [4.69, 9.17) is 0 Å². The summed E-state index contributed by atoms with van der Waals surface area (Å²) in [5, 5.41) is 2.54.